The first-order valence-electron chi connectivity index (χ1n) is 12.3. The molecule has 1 fully saturated rings. The lowest BCUT2D eigenvalue weighted by atomic mass is 9.94. The molecule has 0 spiro atoms. The molecule has 0 bridgehead atoms. The van der Waals surface area contributed by atoms with Gasteiger partial charge in [0.25, 0.3) is 15.8 Å². The van der Waals surface area contributed by atoms with Gasteiger partial charge in [0.15, 0.2) is 5.84 Å². The summed E-state index contributed by atoms with van der Waals surface area (Å²) >= 11 is 0. The summed E-state index contributed by atoms with van der Waals surface area (Å²) in [5.74, 6) is -0.281. The molecule has 38 heavy (non-hydrogen) atoms. The van der Waals surface area contributed by atoms with Gasteiger partial charge in [0.2, 0.25) is 0 Å². The number of aromatic nitrogens is 2. The Hall–Kier alpha value is -3.17. The molecule has 14 heteroatoms. The number of hydrogen-bond acceptors (Lipinski definition) is 9. The minimum Gasteiger partial charge on any atom is -0.506 e. The molecule has 0 radical (unpaired) electrons. The second kappa shape index (κ2) is 9.85. The van der Waals surface area contributed by atoms with Crippen LogP contribution in [0.4, 0.5) is 11.4 Å². The van der Waals surface area contributed by atoms with Gasteiger partial charge in [-0.1, -0.05) is 31.0 Å². The zero-order chi connectivity index (χ0) is 27.2. The van der Waals surface area contributed by atoms with Crippen molar-refractivity contribution in [2.75, 3.05) is 10.0 Å². The highest BCUT2D eigenvalue weighted by Gasteiger charge is 2.31. The highest BCUT2D eigenvalue weighted by Crippen LogP contribution is 2.56. The predicted octanol–water partition coefficient (Wildman–Crippen LogP) is 3.84. The Labute approximate surface area is 221 Å². The molecule has 1 aliphatic carbocycles. The first kappa shape index (κ1) is 26.4. The maximum absolute atomic E-state index is 13.6. The summed E-state index contributed by atoms with van der Waals surface area (Å²) in [6.45, 7) is 4.40. The SMILES string of the molecule is CC(C)CCn1c(=O)c(C2=NS(O)(O)c3cc(NS(=O)(=O)NC4CCC4)ccc3N2)c(O)c2cccnc21. The van der Waals surface area contributed by atoms with Gasteiger partial charge in [0.05, 0.1) is 16.8 Å². The van der Waals surface area contributed by atoms with Crippen LogP contribution in [0.5, 0.6) is 5.75 Å². The van der Waals surface area contributed by atoms with Crippen LogP contribution in [0.1, 0.15) is 45.1 Å². The van der Waals surface area contributed by atoms with E-state index in [1.165, 1.54) is 29.0 Å². The fourth-order valence-corrected chi connectivity index (χ4v) is 6.71. The van der Waals surface area contributed by atoms with E-state index < -0.39 is 26.5 Å². The van der Waals surface area contributed by atoms with Gasteiger partial charge < -0.3 is 10.4 Å². The van der Waals surface area contributed by atoms with E-state index in [9.17, 15) is 27.4 Å². The number of rotatable bonds is 8. The average Bonchev–Trinajstić information content (AvgIpc) is 2.81. The van der Waals surface area contributed by atoms with E-state index in [1.807, 2.05) is 13.8 Å². The highest BCUT2D eigenvalue weighted by atomic mass is 32.3. The van der Waals surface area contributed by atoms with Crippen LogP contribution in [0.3, 0.4) is 0 Å². The Bertz CT molecular complexity index is 1600. The van der Waals surface area contributed by atoms with Gasteiger partial charge in [-0.2, -0.15) is 13.1 Å². The largest absolute Gasteiger partial charge is 0.506 e. The first-order chi connectivity index (χ1) is 17.9. The summed E-state index contributed by atoms with van der Waals surface area (Å²) in [7, 11) is -7.72. The number of aromatic hydroxyl groups is 1. The van der Waals surface area contributed by atoms with Gasteiger partial charge in [-0.3, -0.25) is 23.2 Å². The molecule has 3 aromatic rings. The van der Waals surface area contributed by atoms with Crippen LogP contribution in [0, 0.1) is 5.92 Å². The minimum atomic E-state index is -3.86. The molecular weight excluding hydrogens is 532 g/mol. The highest BCUT2D eigenvalue weighted by molar-refractivity contribution is 8.23. The van der Waals surface area contributed by atoms with Crippen molar-refractivity contribution < 1.29 is 22.6 Å². The van der Waals surface area contributed by atoms with E-state index in [0.717, 1.165) is 19.3 Å². The molecule has 6 N–H and O–H groups in total. The van der Waals surface area contributed by atoms with Crippen molar-refractivity contribution in [2.24, 2.45) is 10.3 Å². The number of nitrogens with one attached hydrogen (secondary N) is 3. The van der Waals surface area contributed by atoms with Crippen LogP contribution in [-0.2, 0) is 16.8 Å². The van der Waals surface area contributed by atoms with Crippen LogP contribution >= 0.6 is 10.8 Å². The molecule has 2 aromatic heterocycles. The van der Waals surface area contributed by atoms with Gasteiger partial charge in [-0.05, 0) is 55.5 Å². The average molecular weight is 563 g/mol. The summed E-state index contributed by atoms with van der Waals surface area (Å²) in [6, 6.07) is 7.32. The van der Waals surface area contributed by atoms with Crippen LogP contribution in [0.2, 0.25) is 0 Å². The van der Waals surface area contributed by atoms with E-state index >= 15 is 0 Å². The molecule has 0 unspecified atom stereocenters. The molecule has 1 saturated carbocycles. The van der Waals surface area contributed by atoms with E-state index in [4.69, 9.17) is 0 Å². The predicted molar refractivity (Wildman–Crippen MR) is 148 cm³/mol. The van der Waals surface area contributed by atoms with Crippen LogP contribution in [0.15, 0.2) is 50.6 Å². The number of aryl methyl sites for hydroxylation is 1. The van der Waals surface area contributed by atoms with Gasteiger partial charge in [-0.25, -0.2) is 4.98 Å². The van der Waals surface area contributed by atoms with Gasteiger partial charge in [0.1, 0.15) is 21.9 Å². The van der Waals surface area contributed by atoms with Crippen molar-refractivity contribution in [3.8, 4) is 5.75 Å². The van der Waals surface area contributed by atoms with E-state index in [1.54, 1.807) is 12.1 Å². The summed E-state index contributed by atoms with van der Waals surface area (Å²) in [5, 5.41) is 14.3. The molecule has 3 heterocycles. The second-order valence-corrected chi connectivity index (χ2v) is 13.0. The lowest BCUT2D eigenvalue weighted by Gasteiger charge is -2.34. The van der Waals surface area contributed by atoms with Crippen molar-refractivity contribution in [3.63, 3.8) is 0 Å². The fraction of sp³-hybridized carbons (Fsp3) is 0.375. The number of anilines is 2. The lowest BCUT2D eigenvalue weighted by Crippen LogP contribution is -2.42. The third kappa shape index (κ3) is 5.09. The Kier molecular flexibility index (Phi) is 6.86. The number of benzene rings is 1. The summed E-state index contributed by atoms with van der Waals surface area (Å²) in [6.07, 6.45) is 4.71. The van der Waals surface area contributed by atoms with E-state index in [0.29, 0.717) is 29.9 Å². The molecule has 204 valence electrons. The van der Waals surface area contributed by atoms with Gasteiger partial charge in [0, 0.05) is 18.8 Å². The number of fused-ring (bicyclic) bond motifs is 2. The molecule has 0 amide bonds. The molecule has 2 aliphatic rings. The first-order valence-corrected chi connectivity index (χ1v) is 15.2. The van der Waals surface area contributed by atoms with Crippen LogP contribution < -0.4 is 20.3 Å². The van der Waals surface area contributed by atoms with Crippen molar-refractivity contribution in [1.29, 1.82) is 0 Å². The minimum absolute atomic E-state index is 0.0489. The van der Waals surface area contributed by atoms with Crippen molar-refractivity contribution in [2.45, 2.75) is 57.0 Å². The Morgan fingerprint density at radius 1 is 1.24 bits per heavy atom. The zero-order valence-electron chi connectivity index (χ0n) is 20.9. The van der Waals surface area contributed by atoms with Gasteiger partial charge in [-0.15, -0.1) is 4.40 Å². The Morgan fingerprint density at radius 2 is 2.00 bits per heavy atom. The van der Waals surface area contributed by atoms with Crippen molar-refractivity contribution in [1.82, 2.24) is 14.3 Å². The van der Waals surface area contributed by atoms with E-state index in [2.05, 4.69) is 24.1 Å². The Morgan fingerprint density at radius 3 is 2.68 bits per heavy atom. The molecule has 1 aromatic carbocycles. The van der Waals surface area contributed by atoms with Crippen LogP contribution in [0.25, 0.3) is 11.0 Å². The summed E-state index contributed by atoms with van der Waals surface area (Å²) in [5.41, 5.74) is -0.148. The fourth-order valence-electron chi connectivity index (χ4n) is 4.35. The standard InChI is InChI=1S/C24H30N6O6S2/c1-14(2)10-12-30-23-17(7-4-11-25-23)21(31)20(24(30)32)22-26-18-9-8-16(13-19(18)37(33,34)29-22)28-38(35,36)27-15-5-3-6-15/h4,7-9,11,13-15,27-28,31,33-34H,3,5-6,10,12H2,1-2H3,(H,26,29). The monoisotopic (exact) mass is 562 g/mol. The van der Waals surface area contributed by atoms with Crippen LogP contribution in [-0.4, -0.2) is 44.1 Å². The topological polar surface area (TPSA) is 178 Å². The third-order valence-electron chi connectivity index (χ3n) is 6.59. The zero-order valence-corrected chi connectivity index (χ0v) is 22.5. The van der Waals surface area contributed by atoms with Crippen molar-refractivity contribution >= 4 is 49.2 Å². The second-order valence-electron chi connectivity index (χ2n) is 9.88. The number of hydrogen-bond donors (Lipinski definition) is 6. The van der Waals surface area contributed by atoms with Gasteiger partial charge >= 0.3 is 0 Å². The number of pyridine rings is 2. The number of amidine groups is 1. The molecule has 0 saturated heterocycles. The molecule has 0 atom stereocenters. The molecule has 12 nitrogen and oxygen atoms in total. The maximum atomic E-state index is 13.6. The Balaban J connectivity index is 1.53. The van der Waals surface area contributed by atoms with Crippen molar-refractivity contribution in [3.05, 3.63) is 52.4 Å². The molecule has 5 rings (SSSR count). The molecule has 1 aliphatic heterocycles. The summed E-state index contributed by atoms with van der Waals surface area (Å²) in [4.78, 5) is 17.8. The summed E-state index contributed by atoms with van der Waals surface area (Å²) < 4.78 is 57.1. The lowest BCUT2D eigenvalue weighted by molar-refractivity contribution is 0.384. The third-order valence-corrected chi connectivity index (χ3v) is 9.10. The smallest absolute Gasteiger partial charge is 0.299 e. The van der Waals surface area contributed by atoms with E-state index in [-0.39, 0.29) is 39.5 Å². The molecular formula is C24H30N6O6S2. The normalized spacial score (nSPS) is 17.9. The quantitative estimate of drug-likeness (QED) is 0.240. The maximum Gasteiger partial charge on any atom is 0.299 e. The number of nitrogens with zero attached hydrogens (tertiary/aromatic N) is 3.